The predicted octanol–water partition coefficient (Wildman–Crippen LogP) is 2.29. The van der Waals surface area contributed by atoms with Gasteiger partial charge in [-0.15, -0.1) is 0 Å². The van der Waals surface area contributed by atoms with Crippen LogP contribution in [-0.4, -0.2) is 11.1 Å². The van der Waals surface area contributed by atoms with Crippen LogP contribution in [-0.2, 0) is 4.79 Å². The summed E-state index contributed by atoms with van der Waals surface area (Å²) >= 11 is 0. The molecule has 0 aromatic heterocycles. The van der Waals surface area contributed by atoms with E-state index in [1.54, 1.807) is 0 Å². The summed E-state index contributed by atoms with van der Waals surface area (Å²) < 4.78 is 0. The summed E-state index contributed by atoms with van der Waals surface area (Å²) in [4.78, 5) is 11.3. The molecule has 3 rings (SSSR count). The highest BCUT2D eigenvalue weighted by Crippen LogP contribution is 2.91. The zero-order valence-corrected chi connectivity index (χ0v) is 8.26. The van der Waals surface area contributed by atoms with Gasteiger partial charge in [0.25, 0.3) is 0 Å². The van der Waals surface area contributed by atoms with Gasteiger partial charge in [0, 0.05) is 0 Å². The molecule has 2 atom stereocenters. The SMILES string of the molecule is CC1(C)CC12CC2(C(=O)O)C1CC1. The Balaban J connectivity index is 1.95. The van der Waals surface area contributed by atoms with Gasteiger partial charge in [-0.05, 0) is 42.4 Å². The minimum Gasteiger partial charge on any atom is -0.481 e. The molecule has 3 fully saturated rings. The molecule has 1 spiro atoms. The molecular weight excluding hydrogens is 164 g/mol. The predicted molar refractivity (Wildman–Crippen MR) is 48.2 cm³/mol. The lowest BCUT2D eigenvalue weighted by Gasteiger charge is -2.12. The molecule has 0 aromatic carbocycles. The smallest absolute Gasteiger partial charge is 0.310 e. The average molecular weight is 180 g/mol. The fraction of sp³-hybridized carbons (Fsp3) is 0.909. The zero-order chi connectivity index (χ0) is 9.48. The van der Waals surface area contributed by atoms with Crippen molar-refractivity contribution in [3.05, 3.63) is 0 Å². The van der Waals surface area contributed by atoms with Gasteiger partial charge in [-0.2, -0.15) is 0 Å². The largest absolute Gasteiger partial charge is 0.481 e. The molecule has 0 bridgehead atoms. The fourth-order valence-corrected chi connectivity index (χ4v) is 3.77. The van der Waals surface area contributed by atoms with Crippen LogP contribution >= 0.6 is 0 Å². The van der Waals surface area contributed by atoms with Gasteiger partial charge in [-0.3, -0.25) is 4.79 Å². The molecule has 0 amide bonds. The number of aliphatic carboxylic acids is 1. The minimum atomic E-state index is -0.513. The van der Waals surface area contributed by atoms with Crippen molar-refractivity contribution in [2.45, 2.75) is 39.5 Å². The molecule has 2 nitrogen and oxygen atoms in total. The van der Waals surface area contributed by atoms with Crippen LogP contribution in [0.15, 0.2) is 0 Å². The summed E-state index contributed by atoms with van der Waals surface area (Å²) in [5.41, 5.74) is 0.248. The first-order valence-electron chi connectivity index (χ1n) is 5.20. The summed E-state index contributed by atoms with van der Waals surface area (Å²) in [7, 11) is 0. The van der Waals surface area contributed by atoms with Crippen molar-refractivity contribution < 1.29 is 9.90 Å². The van der Waals surface area contributed by atoms with Gasteiger partial charge >= 0.3 is 5.97 Å². The van der Waals surface area contributed by atoms with Gasteiger partial charge in [0.1, 0.15) is 0 Å². The molecule has 0 heterocycles. The van der Waals surface area contributed by atoms with E-state index in [1.807, 2.05) is 0 Å². The van der Waals surface area contributed by atoms with Gasteiger partial charge in [0.2, 0.25) is 0 Å². The molecule has 0 radical (unpaired) electrons. The van der Waals surface area contributed by atoms with Crippen molar-refractivity contribution in [2.24, 2.45) is 22.2 Å². The Kier molecular flexibility index (Phi) is 1.00. The van der Waals surface area contributed by atoms with Crippen LogP contribution in [0, 0.1) is 22.2 Å². The van der Waals surface area contributed by atoms with Crippen LogP contribution < -0.4 is 0 Å². The second-order valence-electron chi connectivity index (χ2n) is 5.87. The van der Waals surface area contributed by atoms with Crippen LogP contribution in [0.3, 0.4) is 0 Å². The molecule has 0 saturated heterocycles. The molecule has 3 aliphatic rings. The van der Waals surface area contributed by atoms with Crippen LogP contribution in [0.4, 0.5) is 0 Å². The zero-order valence-electron chi connectivity index (χ0n) is 8.26. The van der Waals surface area contributed by atoms with E-state index in [4.69, 9.17) is 0 Å². The van der Waals surface area contributed by atoms with Crippen molar-refractivity contribution in [3.8, 4) is 0 Å². The first kappa shape index (κ1) is 7.84. The van der Waals surface area contributed by atoms with Crippen molar-refractivity contribution in [2.75, 3.05) is 0 Å². The summed E-state index contributed by atoms with van der Waals surface area (Å²) in [5, 5.41) is 9.32. The molecule has 1 N–H and O–H groups in total. The van der Waals surface area contributed by atoms with E-state index in [0.717, 1.165) is 25.7 Å². The van der Waals surface area contributed by atoms with Gasteiger partial charge in [-0.25, -0.2) is 0 Å². The molecular formula is C11H16O2. The molecule has 0 aliphatic heterocycles. The average Bonchev–Trinajstić information content (AvgIpc) is 2.79. The number of carboxylic acid groups (broad SMARTS) is 1. The van der Waals surface area contributed by atoms with E-state index in [-0.39, 0.29) is 10.8 Å². The summed E-state index contributed by atoms with van der Waals surface area (Å²) in [6, 6.07) is 0. The maximum atomic E-state index is 11.3. The highest BCUT2D eigenvalue weighted by molar-refractivity contribution is 5.83. The van der Waals surface area contributed by atoms with E-state index in [2.05, 4.69) is 13.8 Å². The maximum Gasteiger partial charge on any atom is 0.310 e. The molecule has 3 aliphatic carbocycles. The van der Waals surface area contributed by atoms with E-state index in [9.17, 15) is 9.90 Å². The van der Waals surface area contributed by atoms with Crippen LogP contribution in [0.5, 0.6) is 0 Å². The fourth-order valence-electron chi connectivity index (χ4n) is 3.77. The van der Waals surface area contributed by atoms with E-state index in [1.165, 1.54) is 0 Å². The Hall–Kier alpha value is -0.530. The van der Waals surface area contributed by atoms with Crippen molar-refractivity contribution in [1.29, 1.82) is 0 Å². The molecule has 13 heavy (non-hydrogen) atoms. The van der Waals surface area contributed by atoms with E-state index < -0.39 is 5.97 Å². The Labute approximate surface area is 78.3 Å². The van der Waals surface area contributed by atoms with Gasteiger partial charge in [0.05, 0.1) is 5.41 Å². The molecule has 72 valence electrons. The lowest BCUT2D eigenvalue weighted by molar-refractivity contribution is -0.145. The Morgan fingerprint density at radius 3 is 2.08 bits per heavy atom. The molecule has 2 heteroatoms. The van der Waals surface area contributed by atoms with Crippen LogP contribution in [0.2, 0.25) is 0 Å². The molecule has 2 unspecified atom stereocenters. The third-order valence-electron chi connectivity index (χ3n) is 4.88. The van der Waals surface area contributed by atoms with Gasteiger partial charge in [0.15, 0.2) is 0 Å². The van der Waals surface area contributed by atoms with Gasteiger partial charge in [-0.1, -0.05) is 13.8 Å². The standard InChI is InChI=1S/C11H16O2/c1-9(2)5-10(9)6-11(10,8(12)13)7-3-4-7/h7H,3-6H2,1-2H3,(H,12,13). The highest BCUT2D eigenvalue weighted by Gasteiger charge is 2.89. The normalized spacial score (nSPS) is 50.6. The Morgan fingerprint density at radius 1 is 1.31 bits per heavy atom. The number of rotatable bonds is 2. The lowest BCUT2D eigenvalue weighted by Crippen LogP contribution is -2.22. The highest BCUT2D eigenvalue weighted by atomic mass is 16.4. The Morgan fingerprint density at radius 2 is 1.85 bits per heavy atom. The third-order valence-corrected chi connectivity index (χ3v) is 4.88. The topological polar surface area (TPSA) is 37.3 Å². The van der Waals surface area contributed by atoms with Crippen molar-refractivity contribution in [1.82, 2.24) is 0 Å². The summed E-state index contributed by atoms with van der Waals surface area (Å²) in [5.74, 6) is 0.00681. The van der Waals surface area contributed by atoms with E-state index >= 15 is 0 Å². The van der Waals surface area contributed by atoms with Gasteiger partial charge < -0.3 is 5.11 Å². The number of hydrogen-bond donors (Lipinski definition) is 1. The molecule has 0 aromatic rings. The first-order valence-corrected chi connectivity index (χ1v) is 5.20. The summed E-state index contributed by atoms with van der Waals surface area (Å²) in [6.07, 6.45) is 4.42. The number of hydrogen-bond acceptors (Lipinski definition) is 1. The Bertz CT molecular complexity index is 303. The molecule has 3 saturated carbocycles. The van der Waals surface area contributed by atoms with Crippen molar-refractivity contribution >= 4 is 5.97 Å². The second kappa shape index (κ2) is 1.67. The first-order chi connectivity index (χ1) is 5.96. The van der Waals surface area contributed by atoms with Crippen LogP contribution in [0.25, 0.3) is 0 Å². The number of carboxylic acids is 1. The van der Waals surface area contributed by atoms with Crippen LogP contribution in [0.1, 0.15) is 39.5 Å². The lowest BCUT2D eigenvalue weighted by atomic mass is 9.92. The second-order valence-corrected chi connectivity index (χ2v) is 5.87. The monoisotopic (exact) mass is 180 g/mol. The number of carbonyl (C=O) groups is 1. The van der Waals surface area contributed by atoms with E-state index in [0.29, 0.717) is 11.3 Å². The quantitative estimate of drug-likeness (QED) is 0.708. The third kappa shape index (κ3) is 0.628. The summed E-state index contributed by atoms with van der Waals surface area (Å²) in [6.45, 7) is 4.44. The minimum absolute atomic E-state index is 0.215. The maximum absolute atomic E-state index is 11.3. The van der Waals surface area contributed by atoms with Crippen molar-refractivity contribution in [3.63, 3.8) is 0 Å².